The molecule has 0 aliphatic carbocycles. The van der Waals surface area contributed by atoms with Gasteiger partial charge in [0.25, 0.3) is 0 Å². The van der Waals surface area contributed by atoms with Gasteiger partial charge in [-0.1, -0.05) is 0 Å². The SMILES string of the molecule is CC(=O)[C@@H](NC(=O)N[C@@H](CCC(N)=O)c1nnc([C@@H](N)C(C)O)o1)C(C)O. The fourth-order valence-electron chi connectivity index (χ4n) is 2.18. The van der Waals surface area contributed by atoms with E-state index in [1.807, 2.05) is 0 Å². The second kappa shape index (κ2) is 9.94. The summed E-state index contributed by atoms with van der Waals surface area (Å²) in [4.78, 5) is 34.8. The third kappa shape index (κ3) is 6.92. The van der Waals surface area contributed by atoms with Crippen molar-refractivity contribution in [2.45, 2.75) is 63.9 Å². The largest absolute Gasteiger partial charge is 0.421 e. The van der Waals surface area contributed by atoms with Crippen molar-refractivity contribution in [3.63, 3.8) is 0 Å². The van der Waals surface area contributed by atoms with Gasteiger partial charge >= 0.3 is 6.03 Å². The monoisotopic (exact) mass is 386 g/mol. The van der Waals surface area contributed by atoms with E-state index in [0.29, 0.717) is 0 Å². The number of aromatic nitrogens is 2. The Morgan fingerprint density at radius 3 is 2.19 bits per heavy atom. The fourth-order valence-corrected chi connectivity index (χ4v) is 2.18. The number of aliphatic hydroxyl groups is 2. The van der Waals surface area contributed by atoms with Gasteiger partial charge in [0, 0.05) is 6.42 Å². The first kappa shape index (κ1) is 22.5. The smallest absolute Gasteiger partial charge is 0.316 e. The van der Waals surface area contributed by atoms with E-state index in [2.05, 4.69) is 20.8 Å². The van der Waals surface area contributed by atoms with Crippen molar-refractivity contribution in [2.24, 2.45) is 11.5 Å². The highest BCUT2D eigenvalue weighted by Gasteiger charge is 2.27. The van der Waals surface area contributed by atoms with Gasteiger partial charge in [-0.05, 0) is 27.2 Å². The Bertz CT molecular complexity index is 661. The molecule has 8 N–H and O–H groups in total. The average Bonchev–Trinajstić information content (AvgIpc) is 3.04. The summed E-state index contributed by atoms with van der Waals surface area (Å²) < 4.78 is 5.38. The topological polar surface area (TPSA) is 207 Å². The van der Waals surface area contributed by atoms with Gasteiger partial charge in [0.05, 0.1) is 12.2 Å². The normalized spacial score (nSPS) is 16.7. The molecule has 2 unspecified atom stereocenters. The van der Waals surface area contributed by atoms with Crippen LogP contribution in [0.25, 0.3) is 0 Å². The van der Waals surface area contributed by atoms with Gasteiger partial charge in [0.15, 0.2) is 5.78 Å². The summed E-state index contributed by atoms with van der Waals surface area (Å²) >= 11 is 0. The van der Waals surface area contributed by atoms with Gasteiger partial charge in [0.2, 0.25) is 17.7 Å². The number of hydrogen-bond donors (Lipinski definition) is 6. The minimum Gasteiger partial charge on any atom is -0.421 e. The summed E-state index contributed by atoms with van der Waals surface area (Å²) in [5.74, 6) is -1.13. The van der Waals surface area contributed by atoms with E-state index in [1.165, 1.54) is 20.8 Å². The van der Waals surface area contributed by atoms with E-state index in [-0.39, 0.29) is 24.6 Å². The van der Waals surface area contributed by atoms with Gasteiger partial charge in [-0.15, -0.1) is 10.2 Å². The molecule has 0 bridgehead atoms. The van der Waals surface area contributed by atoms with E-state index in [9.17, 15) is 24.6 Å². The summed E-state index contributed by atoms with van der Waals surface area (Å²) in [5, 5.41) is 31.4. The van der Waals surface area contributed by atoms with Crippen LogP contribution in [-0.2, 0) is 9.59 Å². The van der Waals surface area contributed by atoms with Crippen LogP contribution >= 0.6 is 0 Å². The third-order valence-electron chi connectivity index (χ3n) is 3.75. The molecule has 3 amide bonds. The van der Waals surface area contributed by atoms with Gasteiger partial charge in [0.1, 0.15) is 18.1 Å². The van der Waals surface area contributed by atoms with Crippen LogP contribution in [0.15, 0.2) is 4.42 Å². The Hall–Kier alpha value is -2.57. The van der Waals surface area contributed by atoms with Gasteiger partial charge < -0.3 is 36.7 Å². The highest BCUT2D eigenvalue weighted by atomic mass is 16.4. The molecule has 27 heavy (non-hydrogen) atoms. The predicted octanol–water partition coefficient (Wildman–Crippen LogP) is -1.61. The molecule has 1 heterocycles. The lowest BCUT2D eigenvalue weighted by Gasteiger charge is -2.21. The van der Waals surface area contributed by atoms with E-state index in [1.54, 1.807) is 0 Å². The van der Waals surface area contributed by atoms with Crippen LogP contribution in [-0.4, -0.2) is 56.4 Å². The minimum atomic E-state index is -1.11. The lowest BCUT2D eigenvalue weighted by molar-refractivity contribution is -0.121. The molecule has 0 saturated heterocycles. The molecule has 0 fully saturated rings. The van der Waals surface area contributed by atoms with Crippen LogP contribution in [0.5, 0.6) is 0 Å². The molecule has 0 radical (unpaired) electrons. The van der Waals surface area contributed by atoms with Crippen molar-refractivity contribution in [3.8, 4) is 0 Å². The average molecular weight is 386 g/mol. The van der Waals surface area contributed by atoms with E-state index >= 15 is 0 Å². The lowest BCUT2D eigenvalue weighted by atomic mass is 10.1. The van der Waals surface area contributed by atoms with E-state index in [0.717, 1.165) is 0 Å². The first-order chi connectivity index (χ1) is 12.5. The standard InChI is InChI=1S/C15H26N6O6/c1-6(22)11(17)14-21-20-13(27-14)9(4-5-10(16)25)18-15(26)19-12(7(2)23)8(3)24/h6-7,9,11-12,22-23H,4-5,17H2,1-3H3,(H2,16,25)(H2,18,19,26)/t6?,7?,9-,11-,12-/m0/s1. The molecular weight excluding hydrogens is 360 g/mol. The summed E-state index contributed by atoms with van der Waals surface area (Å²) in [6.45, 7) is 4.03. The lowest BCUT2D eigenvalue weighted by Crippen LogP contribution is -2.51. The maximum atomic E-state index is 12.2. The summed E-state index contributed by atoms with van der Waals surface area (Å²) in [7, 11) is 0. The number of amides is 3. The third-order valence-corrected chi connectivity index (χ3v) is 3.75. The molecule has 1 aromatic rings. The zero-order valence-electron chi connectivity index (χ0n) is 15.4. The van der Waals surface area contributed by atoms with E-state index in [4.69, 9.17) is 15.9 Å². The number of nitrogens with two attached hydrogens (primary N) is 2. The van der Waals surface area contributed by atoms with Crippen molar-refractivity contribution < 1.29 is 29.0 Å². The van der Waals surface area contributed by atoms with Crippen molar-refractivity contribution in [1.29, 1.82) is 0 Å². The van der Waals surface area contributed by atoms with Crippen LogP contribution in [0.1, 0.15) is 57.5 Å². The molecule has 1 rings (SSSR count). The minimum absolute atomic E-state index is 0.0446. The molecule has 0 aliphatic heterocycles. The Morgan fingerprint density at radius 1 is 1.11 bits per heavy atom. The number of Topliss-reactive ketones (excluding diaryl/α,β-unsaturated/α-hetero) is 1. The molecule has 0 spiro atoms. The Labute approximate surface area is 155 Å². The Morgan fingerprint density at radius 2 is 1.70 bits per heavy atom. The molecule has 0 aromatic carbocycles. The van der Waals surface area contributed by atoms with Crippen LogP contribution in [0, 0.1) is 0 Å². The number of hydrogen-bond acceptors (Lipinski definition) is 9. The molecule has 12 heteroatoms. The highest BCUT2D eigenvalue weighted by Crippen LogP contribution is 2.20. The number of nitrogens with one attached hydrogen (secondary N) is 2. The zero-order chi connectivity index (χ0) is 20.7. The van der Waals surface area contributed by atoms with Crippen molar-refractivity contribution in [2.75, 3.05) is 0 Å². The second-order valence-electron chi connectivity index (χ2n) is 6.25. The maximum absolute atomic E-state index is 12.2. The summed E-state index contributed by atoms with van der Waals surface area (Å²) in [5.41, 5.74) is 10.9. The van der Waals surface area contributed by atoms with Gasteiger partial charge in [-0.25, -0.2) is 4.79 Å². The number of carbonyl (C=O) groups excluding carboxylic acids is 3. The molecule has 152 valence electrons. The number of primary amides is 1. The number of ketones is 1. The highest BCUT2D eigenvalue weighted by molar-refractivity contribution is 5.87. The number of urea groups is 1. The van der Waals surface area contributed by atoms with Crippen LogP contribution < -0.4 is 22.1 Å². The Balaban J connectivity index is 2.93. The summed E-state index contributed by atoms with van der Waals surface area (Å²) in [6, 6.07) is -3.72. The molecule has 0 aliphatic rings. The first-order valence-corrected chi connectivity index (χ1v) is 8.33. The summed E-state index contributed by atoms with van der Waals surface area (Å²) in [6.07, 6.45) is -2.08. The Kier molecular flexibility index (Phi) is 8.28. The number of aliphatic hydroxyl groups excluding tert-OH is 2. The predicted molar refractivity (Wildman–Crippen MR) is 91.9 cm³/mol. The number of nitrogens with zero attached hydrogens (tertiary/aromatic N) is 2. The van der Waals surface area contributed by atoms with Crippen LogP contribution in [0.4, 0.5) is 4.79 Å². The first-order valence-electron chi connectivity index (χ1n) is 8.33. The molecule has 5 atom stereocenters. The van der Waals surface area contributed by atoms with Crippen molar-refractivity contribution >= 4 is 17.7 Å². The number of rotatable bonds is 10. The second-order valence-corrected chi connectivity index (χ2v) is 6.25. The van der Waals surface area contributed by atoms with E-state index < -0.39 is 48.1 Å². The van der Waals surface area contributed by atoms with Gasteiger partial charge in [-0.2, -0.15) is 0 Å². The molecule has 1 aromatic heterocycles. The van der Waals surface area contributed by atoms with Crippen molar-refractivity contribution in [1.82, 2.24) is 20.8 Å². The fraction of sp³-hybridized carbons (Fsp3) is 0.667. The molecule has 12 nitrogen and oxygen atoms in total. The van der Waals surface area contributed by atoms with Crippen molar-refractivity contribution in [3.05, 3.63) is 11.8 Å². The quantitative estimate of drug-likeness (QED) is 0.273. The van der Waals surface area contributed by atoms with Crippen LogP contribution in [0.2, 0.25) is 0 Å². The van der Waals surface area contributed by atoms with Crippen LogP contribution in [0.3, 0.4) is 0 Å². The molecular formula is C15H26N6O6. The van der Waals surface area contributed by atoms with Gasteiger partial charge in [-0.3, -0.25) is 9.59 Å². The zero-order valence-corrected chi connectivity index (χ0v) is 15.4. The molecule has 0 saturated carbocycles. The maximum Gasteiger partial charge on any atom is 0.316 e. The number of carbonyl (C=O) groups is 3.